The molecule has 0 rings (SSSR count). The van der Waals surface area contributed by atoms with Crippen molar-refractivity contribution in [3.8, 4) is 0 Å². The summed E-state index contributed by atoms with van der Waals surface area (Å²) in [5, 5.41) is 0. The highest BCUT2D eigenvalue weighted by Gasteiger charge is 2.46. The number of rotatable bonds is 4. The minimum Gasteiger partial charge on any atom is -0.241 e. The van der Waals surface area contributed by atoms with Crippen molar-refractivity contribution >= 4 is 0 Å². The predicted octanol–water partition coefficient (Wildman–Crippen LogP) is 3.23. The first-order valence-electron chi connectivity index (χ1n) is 3.40. The van der Waals surface area contributed by atoms with Crippen molar-refractivity contribution in [3.05, 3.63) is 6.92 Å². The molecule has 0 aromatic heterocycles. The van der Waals surface area contributed by atoms with Crippen LogP contribution in [0.15, 0.2) is 0 Å². The Kier molecular flexibility index (Phi) is 3.47. The molecule has 73 valence electrons. The molecule has 0 aliphatic rings. The molecule has 0 saturated heterocycles. The van der Waals surface area contributed by atoms with Crippen LogP contribution in [-0.2, 0) is 0 Å². The molecule has 5 heteroatoms. The molecule has 0 amide bonds. The lowest BCUT2D eigenvalue weighted by Crippen LogP contribution is -2.35. The van der Waals surface area contributed by atoms with E-state index in [1.165, 1.54) is 0 Å². The van der Waals surface area contributed by atoms with E-state index >= 15 is 0 Å². The van der Waals surface area contributed by atoms with E-state index < -0.39 is 30.9 Å². The predicted molar refractivity (Wildman–Crippen MR) is 35.1 cm³/mol. The van der Waals surface area contributed by atoms with Crippen LogP contribution >= 0.6 is 0 Å². The fraction of sp³-hybridized carbons (Fsp3) is 0.857. The van der Waals surface area contributed by atoms with Crippen molar-refractivity contribution in [1.82, 2.24) is 0 Å². The Morgan fingerprint density at radius 2 is 1.67 bits per heavy atom. The lowest BCUT2D eigenvalue weighted by atomic mass is 10.1. The summed E-state index contributed by atoms with van der Waals surface area (Å²) in [6.45, 7) is 3.35. The van der Waals surface area contributed by atoms with Gasteiger partial charge in [0.15, 0.2) is 6.17 Å². The first-order valence-corrected chi connectivity index (χ1v) is 3.40. The summed E-state index contributed by atoms with van der Waals surface area (Å²) in [5.41, 5.74) is 0. The smallest absolute Gasteiger partial charge is 0.241 e. The van der Waals surface area contributed by atoms with Gasteiger partial charge < -0.3 is 0 Å². The van der Waals surface area contributed by atoms with Crippen molar-refractivity contribution in [3.63, 3.8) is 0 Å². The van der Waals surface area contributed by atoms with E-state index in [0.29, 0.717) is 6.92 Å². The van der Waals surface area contributed by atoms with E-state index in [1.807, 2.05) is 0 Å². The maximum absolute atomic E-state index is 12.3. The Morgan fingerprint density at radius 3 is 1.92 bits per heavy atom. The Bertz CT molecular complexity index is 141. The Hall–Kier alpha value is -0.350. The van der Waals surface area contributed by atoms with Gasteiger partial charge in [-0.3, -0.25) is 0 Å². The lowest BCUT2D eigenvalue weighted by Gasteiger charge is -2.22. The molecule has 0 aromatic carbocycles. The zero-order chi connectivity index (χ0) is 9.99. The van der Waals surface area contributed by atoms with Crippen molar-refractivity contribution < 1.29 is 22.0 Å². The largest absolute Gasteiger partial charge is 0.284 e. The van der Waals surface area contributed by atoms with Gasteiger partial charge in [0.1, 0.15) is 0 Å². The minimum absolute atomic E-state index is 0.555. The standard InChI is InChI=1S/C7H10F5/c1-3-6(9,10)4-7(11,12)5(2)8/h5H,1,3-4H2,2H3/t5-/m0/s1. The molecule has 0 spiro atoms. The van der Waals surface area contributed by atoms with Crippen LogP contribution in [0.2, 0.25) is 0 Å². The maximum atomic E-state index is 12.3. The highest BCUT2D eigenvalue weighted by Crippen LogP contribution is 2.35. The SMILES string of the molecule is [CH2]CC(F)(F)CC(F)(F)[C@H](C)F. The number of alkyl halides is 5. The van der Waals surface area contributed by atoms with E-state index in [1.54, 1.807) is 0 Å². The second kappa shape index (κ2) is 3.58. The summed E-state index contributed by atoms with van der Waals surface area (Å²) in [7, 11) is 0. The summed E-state index contributed by atoms with van der Waals surface area (Å²) >= 11 is 0. The first kappa shape index (κ1) is 11.6. The third-order valence-corrected chi connectivity index (χ3v) is 1.44. The van der Waals surface area contributed by atoms with Crippen LogP contribution in [0.4, 0.5) is 22.0 Å². The van der Waals surface area contributed by atoms with Gasteiger partial charge >= 0.3 is 0 Å². The van der Waals surface area contributed by atoms with E-state index in [-0.39, 0.29) is 0 Å². The van der Waals surface area contributed by atoms with Gasteiger partial charge in [0.2, 0.25) is 0 Å². The summed E-state index contributed by atoms with van der Waals surface area (Å²) in [5.74, 6) is -7.56. The summed E-state index contributed by atoms with van der Waals surface area (Å²) in [4.78, 5) is 0. The highest BCUT2D eigenvalue weighted by molar-refractivity contribution is 4.81. The number of hydrogen-bond donors (Lipinski definition) is 0. The second-order valence-corrected chi connectivity index (χ2v) is 2.66. The average molecular weight is 189 g/mol. The molecule has 1 atom stereocenters. The zero-order valence-corrected chi connectivity index (χ0v) is 6.59. The Balaban J connectivity index is 4.23. The van der Waals surface area contributed by atoms with E-state index in [0.717, 1.165) is 0 Å². The highest BCUT2D eigenvalue weighted by atomic mass is 19.3. The monoisotopic (exact) mass is 189 g/mol. The second-order valence-electron chi connectivity index (χ2n) is 2.66. The zero-order valence-electron chi connectivity index (χ0n) is 6.59. The van der Waals surface area contributed by atoms with Crippen molar-refractivity contribution in [2.24, 2.45) is 0 Å². The Labute approximate surface area is 67.8 Å². The van der Waals surface area contributed by atoms with Gasteiger partial charge in [-0.25, -0.2) is 22.0 Å². The molecule has 0 saturated carbocycles. The van der Waals surface area contributed by atoms with Gasteiger partial charge in [-0.1, -0.05) is 0 Å². The van der Waals surface area contributed by atoms with Crippen molar-refractivity contribution in [2.45, 2.75) is 37.8 Å². The molecule has 0 aromatic rings. The molecule has 12 heavy (non-hydrogen) atoms. The van der Waals surface area contributed by atoms with Gasteiger partial charge in [-0.15, -0.1) is 0 Å². The van der Waals surface area contributed by atoms with Crippen LogP contribution in [0.5, 0.6) is 0 Å². The molecule has 0 fully saturated rings. The third-order valence-electron chi connectivity index (χ3n) is 1.44. The Morgan fingerprint density at radius 1 is 1.25 bits per heavy atom. The fourth-order valence-electron chi connectivity index (χ4n) is 0.574. The molecule has 0 aliphatic carbocycles. The van der Waals surface area contributed by atoms with Crippen molar-refractivity contribution in [1.29, 1.82) is 0 Å². The van der Waals surface area contributed by atoms with Crippen LogP contribution in [-0.4, -0.2) is 18.0 Å². The first-order chi connectivity index (χ1) is 5.21. The maximum Gasteiger partial charge on any atom is 0.284 e. The molecule has 0 nitrogen and oxygen atoms in total. The molecular formula is C7H10F5. The number of halogens is 5. The van der Waals surface area contributed by atoms with Gasteiger partial charge in [0.05, 0.1) is 6.42 Å². The van der Waals surface area contributed by atoms with Gasteiger partial charge in [0.25, 0.3) is 11.8 Å². The van der Waals surface area contributed by atoms with Gasteiger partial charge in [-0.05, 0) is 13.8 Å². The summed E-state index contributed by atoms with van der Waals surface area (Å²) < 4.78 is 61.3. The summed E-state index contributed by atoms with van der Waals surface area (Å²) in [6, 6.07) is 0. The van der Waals surface area contributed by atoms with Crippen LogP contribution in [0.1, 0.15) is 19.8 Å². The van der Waals surface area contributed by atoms with E-state index in [2.05, 4.69) is 6.92 Å². The number of hydrogen-bond acceptors (Lipinski definition) is 0. The molecule has 1 radical (unpaired) electrons. The average Bonchev–Trinajstić information content (AvgIpc) is 1.85. The topological polar surface area (TPSA) is 0 Å². The lowest BCUT2D eigenvalue weighted by molar-refractivity contribution is -0.140. The summed E-state index contributed by atoms with van der Waals surface area (Å²) in [6.07, 6.45) is -5.29. The van der Waals surface area contributed by atoms with Gasteiger partial charge in [-0.2, -0.15) is 0 Å². The van der Waals surface area contributed by atoms with E-state index in [9.17, 15) is 22.0 Å². The quantitative estimate of drug-likeness (QED) is 0.595. The van der Waals surface area contributed by atoms with E-state index in [4.69, 9.17) is 0 Å². The molecule has 0 aliphatic heterocycles. The molecular weight excluding hydrogens is 179 g/mol. The molecule has 0 N–H and O–H groups in total. The minimum atomic E-state index is -3.97. The normalized spacial score (nSPS) is 16.2. The fourth-order valence-corrected chi connectivity index (χ4v) is 0.574. The molecule has 0 heterocycles. The van der Waals surface area contributed by atoms with Gasteiger partial charge in [0, 0.05) is 6.42 Å². The van der Waals surface area contributed by atoms with Crippen molar-refractivity contribution in [2.75, 3.05) is 0 Å². The third kappa shape index (κ3) is 3.36. The van der Waals surface area contributed by atoms with Crippen LogP contribution < -0.4 is 0 Å². The van der Waals surface area contributed by atoms with Crippen LogP contribution in [0, 0.1) is 6.92 Å². The van der Waals surface area contributed by atoms with Crippen LogP contribution in [0.25, 0.3) is 0 Å². The molecule has 0 unspecified atom stereocenters. The molecule has 0 bridgehead atoms. The van der Waals surface area contributed by atoms with Crippen LogP contribution in [0.3, 0.4) is 0 Å².